The lowest BCUT2D eigenvalue weighted by Gasteiger charge is -2.06. The number of nitrogens with zero attached hydrogens (tertiary/aromatic N) is 3. The predicted molar refractivity (Wildman–Crippen MR) is 115 cm³/mol. The van der Waals surface area contributed by atoms with E-state index in [9.17, 15) is 0 Å². The van der Waals surface area contributed by atoms with Crippen LogP contribution in [0.25, 0.3) is 16.9 Å². The van der Waals surface area contributed by atoms with Crippen molar-refractivity contribution in [1.82, 2.24) is 20.1 Å². The molecule has 1 N–H and O–H groups in total. The van der Waals surface area contributed by atoms with Crippen molar-refractivity contribution in [3.63, 3.8) is 0 Å². The maximum absolute atomic E-state index is 5.29. The molecule has 0 unspecified atom stereocenters. The Morgan fingerprint density at radius 2 is 1.72 bits per heavy atom. The predicted octanol–water partition coefficient (Wildman–Crippen LogP) is 4.28. The van der Waals surface area contributed by atoms with Gasteiger partial charge in [-0.3, -0.25) is 4.98 Å². The third-order valence-corrected chi connectivity index (χ3v) is 4.77. The molecule has 2 aromatic heterocycles. The van der Waals surface area contributed by atoms with E-state index in [4.69, 9.17) is 9.84 Å². The van der Waals surface area contributed by atoms with Gasteiger partial charge in [0, 0.05) is 48.7 Å². The van der Waals surface area contributed by atoms with Gasteiger partial charge in [-0.15, -0.1) is 0 Å². The van der Waals surface area contributed by atoms with E-state index in [0.29, 0.717) is 0 Å². The van der Waals surface area contributed by atoms with Crippen LogP contribution in [-0.4, -0.2) is 28.4 Å². The molecule has 0 spiro atoms. The van der Waals surface area contributed by atoms with Crippen molar-refractivity contribution >= 4 is 0 Å². The fraction of sp³-hybridized carbons (Fsp3) is 0.167. The summed E-state index contributed by atoms with van der Waals surface area (Å²) in [6.45, 7) is 1.59. The average Bonchev–Trinajstić information content (AvgIpc) is 3.22. The van der Waals surface area contributed by atoms with Gasteiger partial charge >= 0.3 is 0 Å². The van der Waals surface area contributed by atoms with Crippen molar-refractivity contribution in [1.29, 1.82) is 0 Å². The molecule has 2 heterocycles. The molecule has 5 heteroatoms. The molecule has 0 atom stereocenters. The molecule has 4 aromatic rings. The van der Waals surface area contributed by atoms with Crippen molar-refractivity contribution in [2.45, 2.75) is 13.0 Å². The topological polar surface area (TPSA) is 52.0 Å². The molecular formula is C24H24N4O. The summed E-state index contributed by atoms with van der Waals surface area (Å²) in [5, 5.41) is 8.40. The van der Waals surface area contributed by atoms with Gasteiger partial charge in [-0.05, 0) is 48.5 Å². The van der Waals surface area contributed by atoms with Crippen LogP contribution in [0.15, 0.2) is 85.2 Å². The number of benzene rings is 2. The Morgan fingerprint density at radius 1 is 0.931 bits per heavy atom. The summed E-state index contributed by atoms with van der Waals surface area (Å²) in [5.41, 5.74) is 5.33. The van der Waals surface area contributed by atoms with Gasteiger partial charge in [0.25, 0.3) is 0 Å². The van der Waals surface area contributed by atoms with E-state index in [1.807, 2.05) is 65.5 Å². The Kier molecular flexibility index (Phi) is 5.98. The largest absolute Gasteiger partial charge is 0.497 e. The van der Waals surface area contributed by atoms with Crippen molar-refractivity contribution in [2.24, 2.45) is 0 Å². The summed E-state index contributed by atoms with van der Waals surface area (Å²) in [7, 11) is 1.68. The Balaban J connectivity index is 1.54. The zero-order chi connectivity index (χ0) is 19.9. The van der Waals surface area contributed by atoms with Gasteiger partial charge in [0.1, 0.15) is 5.75 Å². The maximum Gasteiger partial charge on any atom is 0.118 e. The van der Waals surface area contributed by atoms with E-state index < -0.39 is 0 Å². The Hall–Kier alpha value is -3.44. The molecule has 0 saturated carbocycles. The second-order valence-corrected chi connectivity index (χ2v) is 6.76. The number of nitrogens with one attached hydrogen (secondary N) is 1. The van der Waals surface area contributed by atoms with Crippen LogP contribution in [0.5, 0.6) is 5.75 Å². The lowest BCUT2D eigenvalue weighted by atomic mass is 10.1. The summed E-state index contributed by atoms with van der Waals surface area (Å²) in [5.74, 6) is 0.839. The minimum absolute atomic E-state index is 0.737. The Labute approximate surface area is 171 Å². The number of rotatable bonds is 8. The minimum Gasteiger partial charge on any atom is -0.497 e. The number of hydrogen-bond acceptors (Lipinski definition) is 4. The SMILES string of the molecule is COc1ccc(-c2nn(-c3ccccc3)cc2CNCCc2ccccn2)cc1. The number of methoxy groups -OCH3 is 1. The van der Waals surface area contributed by atoms with E-state index >= 15 is 0 Å². The lowest BCUT2D eigenvalue weighted by molar-refractivity contribution is 0.415. The molecule has 146 valence electrons. The lowest BCUT2D eigenvalue weighted by Crippen LogP contribution is -2.17. The van der Waals surface area contributed by atoms with Crippen molar-refractivity contribution < 1.29 is 4.74 Å². The molecule has 0 aliphatic heterocycles. The number of para-hydroxylation sites is 1. The Morgan fingerprint density at radius 3 is 2.45 bits per heavy atom. The normalized spacial score (nSPS) is 10.8. The van der Waals surface area contributed by atoms with Crippen molar-refractivity contribution in [3.05, 3.63) is 96.4 Å². The molecule has 5 nitrogen and oxygen atoms in total. The van der Waals surface area contributed by atoms with Crippen LogP contribution in [0.4, 0.5) is 0 Å². The molecule has 0 radical (unpaired) electrons. The summed E-state index contributed by atoms with van der Waals surface area (Å²) >= 11 is 0. The average molecular weight is 384 g/mol. The van der Waals surface area contributed by atoms with Crippen LogP contribution < -0.4 is 10.1 Å². The van der Waals surface area contributed by atoms with E-state index in [0.717, 1.165) is 53.5 Å². The molecule has 29 heavy (non-hydrogen) atoms. The fourth-order valence-electron chi connectivity index (χ4n) is 3.23. The molecule has 0 aliphatic carbocycles. The summed E-state index contributed by atoms with van der Waals surface area (Å²) in [4.78, 5) is 4.38. The smallest absolute Gasteiger partial charge is 0.118 e. The first-order chi connectivity index (χ1) is 14.3. The third kappa shape index (κ3) is 4.70. The molecular weight excluding hydrogens is 360 g/mol. The minimum atomic E-state index is 0.737. The zero-order valence-corrected chi connectivity index (χ0v) is 16.5. The monoisotopic (exact) mass is 384 g/mol. The first-order valence-electron chi connectivity index (χ1n) is 9.72. The number of pyridine rings is 1. The summed E-state index contributed by atoms with van der Waals surface area (Å²) in [6, 6.07) is 24.2. The van der Waals surface area contributed by atoms with E-state index in [1.54, 1.807) is 7.11 Å². The van der Waals surface area contributed by atoms with Crippen LogP contribution >= 0.6 is 0 Å². The van der Waals surface area contributed by atoms with Gasteiger partial charge in [-0.1, -0.05) is 24.3 Å². The second kappa shape index (κ2) is 9.17. The summed E-state index contributed by atoms with van der Waals surface area (Å²) in [6.07, 6.45) is 4.83. The van der Waals surface area contributed by atoms with Gasteiger partial charge < -0.3 is 10.1 Å². The van der Waals surface area contributed by atoms with Crippen molar-refractivity contribution in [2.75, 3.05) is 13.7 Å². The van der Waals surface area contributed by atoms with Crippen LogP contribution in [0.2, 0.25) is 0 Å². The standard InChI is InChI=1S/C24H24N4O/c1-29-23-12-10-19(11-13-23)24-20(17-25-16-14-21-7-5-6-15-26-21)18-28(27-24)22-8-3-2-4-9-22/h2-13,15,18,25H,14,16-17H2,1H3. The Bertz CT molecular complexity index is 1030. The summed E-state index contributed by atoms with van der Waals surface area (Å²) < 4.78 is 7.23. The molecule has 2 aromatic carbocycles. The number of hydrogen-bond donors (Lipinski definition) is 1. The second-order valence-electron chi connectivity index (χ2n) is 6.76. The quantitative estimate of drug-likeness (QED) is 0.461. The van der Waals surface area contributed by atoms with Crippen LogP contribution in [0.3, 0.4) is 0 Å². The maximum atomic E-state index is 5.29. The fourth-order valence-corrected chi connectivity index (χ4v) is 3.23. The highest BCUT2D eigenvalue weighted by Crippen LogP contribution is 2.25. The highest BCUT2D eigenvalue weighted by atomic mass is 16.5. The molecule has 0 amide bonds. The third-order valence-electron chi connectivity index (χ3n) is 4.77. The highest BCUT2D eigenvalue weighted by molar-refractivity contribution is 5.64. The van der Waals surface area contributed by atoms with E-state index in [2.05, 4.69) is 34.7 Å². The molecule has 0 aliphatic rings. The van der Waals surface area contributed by atoms with Gasteiger partial charge in [-0.2, -0.15) is 5.10 Å². The van der Waals surface area contributed by atoms with E-state index in [-0.39, 0.29) is 0 Å². The highest BCUT2D eigenvalue weighted by Gasteiger charge is 2.12. The van der Waals surface area contributed by atoms with Crippen LogP contribution in [0.1, 0.15) is 11.3 Å². The number of aromatic nitrogens is 3. The first-order valence-corrected chi connectivity index (χ1v) is 9.72. The van der Waals surface area contributed by atoms with Gasteiger partial charge in [0.15, 0.2) is 0 Å². The zero-order valence-electron chi connectivity index (χ0n) is 16.5. The van der Waals surface area contributed by atoms with Gasteiger partial charge in [0.2, 0.25) is 0 Å². The van der Waals surface area contributed by atoms with Gasteiger partial charge in [-0.25, -0.2) is 4.68 Å². The molecule has 0 saturated heterocycles. The van der Waals surface area contributed by atoms with Crippen LogP contribution in [-0.2, 0) is 13.0 Å². The molecule has 0 bridgehead atoms. The van der Waals surface area contributed by atoms with Crippen LogP contribution in [0, 0.1) is 0 Å². The van der Waals surface area contributed by atoms with E-state index in [1.165, 1.54) is 0 Å². The molecule has 0 fully saturated rings. The van der Waals surface area contributed by atoms with Gasteiger partial charge in [0.05, 0.1) is 18.5 Å². The molecule has 4 rings (SSSR count). The first kappa shape index (κ1) is 18.9. The number of ether oxygens (including phenoxy) is 1. The van der Waals surface area contributed by atoms with Crippen molar-refractivity contribution in [3.8, 4) is 22.7 Å².